The number of hydrogen-bond donors (Lipinski definition) is 1. The van der Waals surface area contributed by atoms with E-state index in [4.69, 9.17) is 0 Å². The summed E-state index contributed by atoms with van der Waals surface area (Å²) in [6.07, 6.45) is 0.468. The zero-order chi connectivity index (χ0) is 6.57. The Morgan fingerprint density at radius 2 is 2.50 bits per heavy atom. The molecule has 0 heterocycles. The lowest BCUT2D eigenvalue weighted by Crippen LogP contribution is -2.14. The molecule has 1 unspecified atom stereocenters. The van der Waals surface area contributed by atoms with Gasteiger partial charge in [-0.1, -0.05) is 6.92 Å². The molecule has 0 aromatic heterocycles. The first-order valence-corrected chi connectivity index (χ1v) is 2.79. The minimum absolute atomic E-state index is 0.316. The van der Waals surface area contributed by atoms with Crippen molar-refractivity contribution in [3.05, 3.63) is 6.92 Å². The molecule has 1 radical (unpaired) electrons. The minimum atomic E-state index is -0.361. The van der Waals surface area contributed by atoms with Crippen LogP contribution in [0, 0.1) is 6.92 Å². The van der Waals surface area contributed by atoms with Crippen LogP contribution in [0.1, 0.15) is 6.42 Å². The molecule has 0 saturated heterocycles. The SMILES string of the molecule is [CH2]CC(S)C(=O)OC. The molecule has 0 bridgehead atoms. The van der Waals surface area contributed by atoms with Crippen molar-refractivity contribution in [1.29, 1.82) is 0 Å². The van der Waals surface area contributed by atoms with E-state index in [-0.39, 0.29) is 11.2 Å². The summed E-state index contributed by atoms with van der Waals surface area (Å²) >= 11 is 3.87. The van der Waals surface area contributed by atoms with E-state index in [2.05, 4.69) is 24.3 Å². The van der Waals surface area contributed by atoms with Gasteiger partial charge in [0.1, 0.15) is 0 Å². The predicted molar refractivity (Wildman–Crippen MR) is 34.8 cm³/mol. The molecule has 0 saturated carbocycles. The number of carbonyl (C=O) groups excluding carboxylic acids is 1. The fraction of sp³-hybridized carbons (Fsp3) is 0.600. The Kier molecular flexibility index (Phi) is 3.69. The van der Waals surface area contributed by atoms with Crippen LogP contribution in [0.5, 0.6) is 0 Å². The van der Waals surface area contributed by atoms with Gasteiger partial charge >= 0.3 is 5.97 Å². The van der Waals surface area contributed by atoms with Gasteiger partial charge in [-0.3, -0.25) is 4.79 Å². The summed E-state index contributed by atoms with van der Waals surface area (Å²) in [4.78, 5) is 10.4. The number of hydrogen-bond acceptors (Lipinski definition) is 3. The van der Waals surface area contributed by atoms with Crippen molar-refractivity contribution in [2.75, 3.05) is 7.11 Å². The van der Waals surface area contributed by atoms with Crippen LogP contribution in [0.4, 0.5) is 0 Å². The summed E-state index contributed by atoms with van der Waals surface area (Å²) < 4.78 is 4.35. The van der Waals surface area contributed by atoms with Crippen LogP contribution >= 0.6 is 12.6 Å². The van der Waals surface area contributed by atoms with Crippen molar-refractivity contribution in [3.63, 3.8) is 0 Å². The molecule has 0 aliphatic heterocycles. The highest BCUT2D eigenvalue weighted by Gasteiger charge is 2.09. The maximum absolute atomic E-state index is 10.4. The van der Waals surface area contributed by atoms with Crippen molar-refractivity contribution >= 4 is 18.6 Å². The quantitative estimate of drug-likeness (QED) is 0.443. The maximum atomic E-state index is 10.4. The van der Waals surface area contributed by atoms with Gasteiger partial charge in [-0.05, 0) is 6.42 Å². The normalized spacial score (nSPS) is 12.9. The van der Waals surface area contributed by atoms with Crippen LogP contribution < -0.4 is 0 Å². The van der Waals surface area contributed by atoms with Crippen LogP contribution in [0.3, 0.4) is 0 Å². The van der Waals surface area contributed by atoms with Crippen LogP contribution in [0.2, 0.25) is 0 Å². The van der Waals surface area contributed by atoms with Crippen molar-refractivity contribution in [2.45, 2.75) is 11.7 Å². The number of ether oxygens (including phenoxy) is 1. The highest BCUT2D eigenvalue weighted by atomic mass is 32.1. The molecule has 8 heavy (non-hydrogen) atoms. The second-order valence-electron chi connectivity index (χ2n) is 1.33. The van der Waals surface area contributed by atoms with E-state index in [9.17, 15) is 4.79 Å². The Morgan fingerprint density at radius 1 is 2.00 bits per heavy atom. The third-order valence-electron chi connectivity index (χ3n) is 0.747. The fourth-order valence-corrected chi connectivity index (χ4v) is 0.359. The molecule has 2 nitrogen and oxygen atoms in total. The van der Waals surface area contributed by atoms with Gasteiger partial charge in [0.25, 0.3) is 0 Å². The molecule has 1 atom stereocenters. The monoisotopic (exact) mass is 133 g/mol. The van der Waals surface area contributed by atoms with Crippen LogP contribution in [-0.4, -0.2) is 18.3 Å². The molecule has 0 fully saturated rings. The number of methoxy groups -OCH3 is 1. The Labute approximate surface area is 54.6 Å². The van der Waals surface area contributed by atoms with E-state index >= 15 is 0 Å². The van der Waals surface area contributed by atoms with Crippen molar-refractivity contribution in [2.24, 2.45) is 0 Å². The summed E-state index contributed by atoms with van der Waals surface area (Å²) in [6.45, 7) is 3.48. The van der Waals surface area contributed by atoms with Gasteiger partial charge < -0.3 is 4.74 Å². The van der Waals surface area contributed by atoms with Gasteiger partial charge in [-0.15, -0.1) is 0 Å². The molecular formula is C5H9O2S. The average molecular weight is 133 g/mol. The van der Waals surface area contributed by atoms with E-state index < -0.39 is 0 Å². The van der Waals surface area contributed by atoms with Gasteiger partial charge in [0, 0.05) is 0 Å². The van der Waals surface area contributed by atoms with E-state index in [1.54, 1.807) is 0 Å². The Hall–Kier alpha value is -0.180. The highest BCUT2D eigenvalue weighted by molar-refractivity contribution is 7.81. The summed E-state index contributed by atoms with van der Waals surface area (Å²) in [7, 11) is 1.33. The number of esters is 1. The molecular weight excluding hydrogens is 124 g/mol. The van der Waals surface area contributed by atoms with Crippen molar-refractivity contribution in [1.82, 2.24) is 0 Å². The molecule has 3 heteroatoms. The van der Waals surface area contributed by atoms with Gasteiger partial charge in [-0.2, -0.15) is 12.6 Å². The first-order valence-electron chi connectivity index (χ1n) is 2.27. The zero-order valence-corrected chi connectivity index (χ0v) is 5.65. The summed E-state index contributed by atoms with van der Waals surface area (Å²) in [5.74, 6) is -0.316. The topological polar surface area (TPSA) is 26.3 Å². The number of thiol groups is 1. The molecule has 0 amide bonds. The summed E-state index contributed by atoms with van der Waals surface area (Å²) in [5.41, 5.74) is 0. The Morgan fingerprint density at radius 3 is 2.62 bits per heavy atom. The van der Waals surface area contributed by atoms with E-state index in [0.717, 1.165) is 0 Å². The number of rotatable bonds is 2. The largest absolute Gasteiger partial charge is 0.468 e. The van der Waals surface area contributed by atoms with Crippen LogP contribution in [-0.2, 0) is 9.53 Å². The maximum Gasteiger partial charge on any atom is 0.318 e. The van der Waals surface area contributed by atoms with Gasteiger partial charge in [0.15, 0.2) is 0 Å². The second kappa shape index (κ2) is 3.78. The van der Waals surface area contributed by atoms with Gasteiger partial charge in [0.05, 0.1) is 12.4 Å². The van der Waals surface area contributed by atoms with E-state index in [0.29, 0.717) is 6.42 Å². The molecule has 0 aromatic rings. The highest BCUT2D eigenvalue weighted by Crippen LogP contribution is 2.00. The van der Waals surface area contributed by atoms with Gasteiger partial charge in [0.2, 0.25) is 0 Å². The van der Waals surface area contributed by atoms with E-state index in [1.165, 1.54) is 7.11 Å². The Balaban J connectivity index is 3.46. The fourth-order valence-electron chi connectivity index (χ4n) is 0.254. The standard InChI is InChI=1S/C5H9O2S/c1-3-4(8)5(6)7-2/h4,8H,1,3H2,2H3. The smallest absolute Gasteiger partial charge is 0.318 e. The third kappa shape index (κ3) is 2.21. The molecule has 0 aliphatic carbocycles. The third-order valence-corrected chi connectivity index (χ3v) is 1.22. The predicted octanol–water partition coefficient (Wildman–Crippen LogP) is 0.682. The van der Waals surface area contributed by atoms with Crippen LogP contribution in [0.15, 0.2) is 0 Å². The van der Waals surface area contributed by atoms with E-state index in [1.807, 2.05) is 0 Å². The minimum Gasteiger partial charge on any atom is -0.468 e. The molecule has 0 aliphatic rings. The lowest BCUT2D eigenvalue weighted by atomic mass is 10.3. The average Bonchev–Trinajstić information content (AvgIpc) is 1.84. The lowest BCUT2D eigenvalue weighted by molar-refractivity contribution is -0.139. The van der Waals surface area contributed by atoms with Crippen molar-refractivity contribution < 1.29 is 9.53 Å². The van der Waals surface area contributed by atoms with Crippen LogP contribution in [0.25, 0.3) is 0 Å². The number of carbonyl (C=O) groups is 1. The molecule has 47 valence electrons. The molecule has 0 aromatic carbocycles. The first-order chi connectivity index (χ1) is 3.72. The zero-order valence-electron chi connectivity index (χ0n) is 4.76. The second-order valence-corrected chi connectivity index (χ2v) is 1.95. The van der Waals surface area contributed by atoms with Gasteiger partial charge in [-0.25, -0.2) is 0 Å². The van der Waals surface area contributed by atoms with Crippen molar-refractivity contribution in [3.8, 4) is 0 Å². The molecule has 0 spiro atoms. The summed E-state index contributed by atoms with van der Waals surface area (Å²) in [6, 6.07) is 0. The lowest BCUT2D eigenvalue weighted by Gasteiger charge is -2.01. The first kappa shape index (κ1) is 7.82. The molecule has 0 rings (SSSR count). The Bertz CT molecular complexity index is 82.5. The summed E-state index contributed by atoms with van der Waals surface area (Å²) in [5, 5.41) is -0.361. The molecule has 0 N–H and O–H groups in total.